The number of nitrogens with zero attached hydrogens (tertiary/aromatic N) is 3. The predicted octanol–water partition coefficient (Wildman–Crippen LogP) is 2.30. The molecule has 0 spiro atoms. The molecule has 0 atom stereocenters. The minimum Gasteiger partial charge on any atom is -0.439 e. The molecule has 0 fully saturated rings. The molecule has 0 amide bonds. The van der Waals surface area contributed by atoms with E-state index in [2.05, 4.69) is 10.1 Å². The van der Waals surface area contributed by atoms with Gasteiger partial charge in [-0.25, -0.2) is 4.98 Å². The molecular formula is C9H10ClN3O. The summed E-state index contributed by atoms with van der Waals surface area (Å²) in [5, 5.41) is 4.14. The Hall–Kier alpha value is -1.29. The van der Waals surface area contributed by atoms with Crippen molar-refractivity contribution >= 4 is 11.6 Å². The first-order valence-corrected chi connectivity index (χ1v) is 4.90. The second-order valence-electron chi connectivity index (χ2n) is 2.84. The number of rotatable bonds is 3. The third-order valence-electron chi connectivity index (χ3n) is 1.91. The fourth-order valence-electron chi connectivity index (χ4n) is 1.17. The van der Waals surface area contributed by atoms with Crippen LogP contribution in [0.5, 0.6) is 0 Å². The Morgan fingerprint density at radius 1 is 1.50 bits per heavy atom. The number of aromatic nitrogens is 3. The number of halogens is 1. The first-order chi connectivity index (χ1) is 6.83. The van der Waals surface area contributed by atoms with E-state index in [1.807, 2.05) is 17.8 Å². The van der Waals surface area contributed by atoms with Gasteiger partial charge in [0.1, 0.15) is 0 Å². The van der Waals surface area contributed by atoms with E-state index in [-0.39, 0.29) is 0 Å². The molecule has 4 nitrogen and oxygen atoms in total. The predicted molar refractivity (Wildman–Crippen MR) is 53.0 cm³/mol. The van der Waals surface area contributed by atoms with Crippen molar-refractivity contribution in [1.29, 1.82) is 0 Å². The lowest BCUT2D eigenvalue weighted by atomic mass is 10.3. The highest BCUT2D eigenvalue weighted by Gasteiger charge is 2.07. The lowest BCUT2D eigenvalue weighted by Gasteiger charge is -1.90. The second-order valence-corrected chi connectivity index (χ2v) is 3.10. The van der Waals surface area contributed by atoms with Crippen molar-refractivity contribution in [2.75, 3.05) is 0 Å². The van der Waals surface area contributed by atoms with Crippen LogP contribution in [0.2, 0.25) is 0 Å². The Kier molecular flexibility index (Phi) is 2.54. The summed E-state index contributed by atoms with van der Waals surface area (Å²) in [7, 11) is 0. The Labute approximate surface area is 86.5 Å². The molecule has 2 rings (SSSR count). The Morgan fingerprint density at radius 3 is 2.93 bits per heavy atom. The van der Waals surface area contributed by atoms with Crippen LogP contribution in [-0.2, 0) is 12.4 Å². The van der Waals surface area contributed by atoms with E-state index >= 15 is 0 Å². The van der Waals surface area contributed by atoms with Gasteiger partial charge in [-0.15, -0.1) is 11.6 Å². The van der Waals surface area contributed by atoms with Crippen LogP contribution in [0.25, 0.3) is 11.3 Å². The summed E-state index contributed by atoms with van der Waals surface area (Å²) in [5.74, 6) is 1.54. The summed E-state index contributed by atoms with van der Waals surface area (Å²) in [6.07, 6.45) is 5.33. The smallest absolute Gasteiger partial charge is 0.209 e. The van der Waals surface area contributed by atoms with Gasteiger partial charge in [0, 0.05) is 12.7 Å². The third-order valence-corrected chi connectivity index (χ3v) is 2.14. The summed E-state index contributed by atoms with van der Waals surface area (Å²) in [6, 6.07) is 0. The van der Waals surface area contributed by atoms with Crippen LogP contribution in [0.1, 0.15) is 12.8 Å². The van der Waals surface area contributed by atoms with Crippen LogP contribution in [0.4, 0.5) is 0 Å². The maximum Gasteiger partial charge on any atom is 0.209 e. The molecule has 0 aliphatic carbocycles. The minimum atomic E-state index is 0.294. The van der Waals surface area contributed by atoms with Gasteiger partial charge in [-0.05, 0) is 6.92 Å². The summed E-state index contributed by atoms with van der Waals surface area (Å²) in [6.45, 7) is 2.87. The van der Waals surface area contributed by atoms with Crippen LogP contribution < -0.4 is 0 Å². The van der Waals surface area contributed by atoms with Crippen LogP contribution in [0.15, 0.2) is 23.0 Å². The normalized spacial score (nSPS) is 10.7. The maximum atomic E-state index is 5.58. The van der Waals surface area contributed by atoms with E-state index in [0.717, 1.165) is 12.1 Å². The zero-order chi connectivity index (χ0) is 9.97. The van der Waals surface area contributed by atoms with Crippen LogP contribution in [0, 0.1) is 0 Å². The standard InChI is InChI=1S/C9H10ClN3O/c1-2-13-6-7(4-12-13)8-5-11-9(3-10)14-8/h4-6H,2-3H2,1H3. The van der Waals surface area contributed by atoms with Crippen LogP contribution >= 0.6 is 11.6 Å². The Morgan fingerprint density at radius 2 is 2.36 bits per heavy atom. The van der Waals surface area contributed by atoms with Crippen LogP contribution in [0.3, 0.4) is 0 Å². The van der Waals surface area contributed by atoms with E-state index in [9.17, 15) is 0 Å². The number of alkyl halides is 1. The zero-order valence-corrected chi connectivity index (χ0v) is 8.53. The first-order valence-electron chi connectivity index (χ1n) is 4.37. The van der Waals surface area contributed by atoms with Gasteiger partial charge in [-0.1, -0.05) is 0 Å². The van der Waals surface area contributed by atoms with Crippen molar-refractivity contribution < 1.29 is 4.42 Å². The minimum absolute atomic E-state index is 0.294. The molecule has 0 N–H and O–H groups in total. The van der Waals surface area contributed by atoms with Gasteiger partial charge in [-0.2, -0.15) is 5.10 Å². The van der Waals surface area contributed by atoms with Gasteiger partial charge in [0.2, 0.25) is 5.89 Å². The highest BCUT2D eigenvalue weighted by atomic mass is 35.5. The van der Waals surface area contributed by atoms with Gasteiger partial charge in [0.05, 0.1) is 23.8 Å². The molecule has 5 heteroatoms. The molecule has 2 heterocycles. The fraction of sp³-hybridized carbons (Fsp3) is 0.333. The molecule has 2 aromatic heterocycles. The zero-order valence-electron chi connectivity index (χ0n) is 7.77. The molecule has 74 valence electrons. The molecule has 0 aliphatic rings. The molecule has 0 radical (unpaired) electrons. The van der Waals surface area contributed by atoms with E-state index in [0.29, 0.717) is 17.5 Å². The Bertz CT molecular complexity index is 381. The lowest BCUT2D eigenvalue weighted by molar-refractivity contribution is 0.528. The highest BCUT2D eigenvalue weighted by molar-refractivity contribution is 6.16. The van der Waals surface area contributed by atoms with Crippen molar-refractivity contribution in [2.24, 2.45) is 0 Å². The van der Waals surface area contributed by atoms with Gasteiger partial charge in [-0.3, -0.25) is 4.68 Å². The van der Waals surface area contributed by atoms with Crippen molar-refractivity contribution in [3.8, 4) is 11.3 Å². The SMILES string of the molecule is CCn1cc(-c2cnc(CCl)o2)cn1. The quantitative estimate of drug-likeness (QED) is 0.732. The molecular weight excluding hydrogens is 202 g/mol. The summed E-state index contributed by atoms with van der Waals surface area (Å²) >= 11 is 5.58. The third kappa shape index (κ3) is 1.65. The number of aryl methyl sites for hydroxylation is 1. The number of hydrogen-bond acceptors (Lipinski definition) is 3. The first kappa shape index (κ1) is 9.27. The summed E-state index contributed by atoms with van der Waals surface area (Å²) < 4.78 is 7.21. The average Bonchev–Trinajstić information content (AvgIpc) is 2.86. The lowest BCUT2D eigenvalue weighted by Crippen LogP contribution is -1.91. The number of oxazole rings is 1. The molecule has 0 bridgehead atoms. The van der Waals surface area contributed by atoms with Crippen molar-refractivity contribution in [1.82, 2.24) is 14.8 Å². The molecule has 2 aromatic rings. The monoisotopic (exact) mass is 211 g/mol. The highest BCUT2D eigenvalue weighted by Crippen LogP contribution is 2.19. The van der Waals surface area contributed by atoms with Gasteiger partial charge >= 0.3 is 0 Å². The van der Waals surface area contributed by atoms with E-state index < -0.39 is 0 Å². The Balaban J connectivity index is 2.29. The second kappa shape index (κ2) is 3.84. The van der Waals surface area contributed by atoms with E-state index in [4.69, 9.17) is 16.0 Å². The number of hydrogen-bond donors (Lipinski definition) is 0. The van der Waals surface area contributed by atoms with Crippen molar-refractivity contribution in [3.05, 3.63) is 24.5 Å². The average molecular weight is 212 g/mol. The summed E-state index contributed by atoms with van der Waals surface area (Å²) in [4.78, 5) is 4.01. The molecule has 0 aliphatic heterocycles. The molecule has 0 unspecified atom stereocenters. The van der Waals surface area contributed by atoms with Gasteiger partial charge in [0.25, 0.3) is 0 Å². The maximum absolute atomic E-state index is 5.58. The van der Waals surface area contributed by atoms with Gasteiger partial charge < -0.3 is 4.42 Å². The molecule has 0 saturated heterocycles. The topological polar surface area (TPSA) is 43.9 Å². The largest absolute Gasteiger partial charge is 0.439 e. The van der Waals surface area contributed by atoms with Crippen molar-refractivity contribution in [3.63, 3.8) is 0 Å². The molecule has 0 saturated carbocycles. The molecule has 0 aromatic carbocycles. The fourth-order valence-corrected chi connectivity index (χ4v) is 1.29. The van der Waals surface area contributed by atoms with E-state index in [1.54, 1.807) is 12.4 Å². The van der Waals surface area contributed by atoms with Gasteiger partial charge in [0.15, 0.2) is 5.76 Å². The van der Waals surface area contributed by atoms with Crippen molar-refractivity contribution in [2.45, 2.75) is 19.3 Å². The van der Waals surface area contributed by atoms with Crippen LogP contribution in [-0.4, -0.2) is 14.8 Å². The molecule has 14 heavy (non-hydrogen) atoms. The van der Waals surface area contributed by atoms with E-state index in [1.165, 1.54) is 0 Å². The summed E-state index contributed by atoms with van der Waals surface area (Å²) in [5.41, 5.74) is 0.927.